The van der Waals surface area contributed by atoms with Gasteiger partial charge in [0.05, 0.1) is 11.3 Å². The lowest BCUT2D eigenvalue weighted by Gasteiger charge is -2.16. The van der Waals surface area contributed by atoms with Crippen molar-refractivity contribution in [2.75, 3.05) is 11.9 Å². The summed E-state index contributed by atoms with van der Waals surface area (Å²) in [5.41, 5.74) is 0.501. The number of hydrogen-bond acceptors (Lipinski definition) is 5. The van der Waals surface area contributed by atoms with Gasteiger partial charge < -0.3 is 15.7 Å². The number of nitro benzene ring substituents is 1. The van der Waals surface area contributed by atoms with E-state index in [0.717, 1.165) is 0 Å². The quantitative estimate of drug-likeness (QED) is 0.352. The molecule has 1 aromatic carbocycles. The Morgan fingerprint density at radius 1 is 1.24 bits per heavy atom. The van der Waals surface area contributed by atoms with Gasteiger partial charge in [0.25, 0.3) is 5.69 Å². The summed E-state index contributed by atoms with van der Waals surface area (Å²) in [6.07, 6.45) is -6.27. The zero-order chi connectivity index (χ0) is 19.0. The lowest BCUT2D eigenvalue weighted by molar-refractivity contribution is -0.384. The first-order valence-corrected chi connectivity index (χ1v) is 7.16. The second-order valence-electron chi connectivity index (χ2n) is 5.11. The number of carbonyl (C=O) groups excluding carboxylic acids is 1. The zero-order valence-corrected chi connectivity index (χ0v) is 12.9. The summed E-state index contributed by atoms with van der Waals surface area (Å²) in [4.78, 5) is 32.2. The van der Waals surface area contributed by atoms with Crippen molar-refractivity contribution in [1.29, 1.82) is 0 Å². The number of aliphatic carboxylic acids is 1. The van der Waals surface area contributed by atoms with Crippen LogP contribution in [0.4, 0.5) is 24.5 Å². The highest BCUT2D eigenvalue weighted by Gasteiger charge is 2.36. The number of carboxylic acid groups (broad SMARTS) is 1. The van der Waals surface area contributed by atoms with Gasteiger partial charge in [-0.25, -0.2) is 4.79 Å². The first-order valence-electron chi connectivity index (χ1n) is 7.16. The van der Waals surface area contributed by atoms with Crippen molar-refractivity contribution in [3.8, 4) is 0 Å². The van der Waals surface area contributed by atoms with Crippen LogP contribution in [-0.4, -0.2) is 40.7 Å². The summed E-state index contributed by atoms with van der Waals surface area (Å²) in [7, 11) is 0. The van der Waals surface area contributed by atoms with Gasteiger partial charge in [0.15, 0.2) is 0 Å². The molecule has 0 aliphatic heterocycles. The van der Waals surface area contributed by atoms with Crippen LogP contribution in [-0.2, 0) is 9.59 Å². The number of nitrogens with one attached hydrogen (secondary N) is 2. The number of anilines is 1. The molecule has 0 bridgehead atoms. The number of nitrogens with zero attached hydrogens (tertiary/aromatic N) is 1. The molecule has 3 N–H and O–H groups in total. The predicted molar refractivity (Wildman–Crippen MR) is 81.1 cm³/mol. The fourth-order valence-electron chi connectivity index (χ4n) is 1.88. The largest absolute Gasteiger partial charge is 0.480 e. The Morgan fingerprint density at radius 3 is 2.32 bits per heavy atom. The van der Waals surface area contributed by atoms with Crippen LogP contribution in [0.5, 0.6) is 0 Å². The van der Waals surface area contributed by atoms with Crippen LogP contribution in [0.2, 0.25) is 0 Å². The van der Waals surface area contributed by atoms with Crippen LogP contribution in [0.3, 0.4) is 0 Å². The van der Waals surface area contributed by atoms with E-state index in [1.165, 1.54) is 24.3 Å². The SMILES string of the molecule is O=C(CCCNc1ccc([N+](=O)[O-])cc1)NC(CC(F)(F)F)C(=O)O. The first-order chi connectivity index (χ1) is 11.6. The summed E-state index contributed by atoms with van der Waals surface area (Å²) in [6.45, 7) is 0.280. The molecule has 8 nitrogen and oxygen atoms in total. The van der Waals surface area contributed by atoms with Gasteiger partial charge >= 0.3 is 12.1 Å². The third kappa shape index (κ3) is 7.99. The van der Waals surface area contributed by atoms with Crippen molar-refractivity contribution in [2.45, 2.75) is 31.5 Å². The first kappa shape index (κ1) is 20.2. The molecule has 138 valence electrons. The minimum Gasteiger partial charge on any atom is -0.480 e. The third-order valence-corrected chi connectivity index (χ3v) is 3.06. The Labute approximate surface area is 140 Å². The van der Waals surface area contributed by atoms with Gasteiger partial charge in [0, 0.05) is 30.8 Å². The highest BCUT2D eigenvalue weighted by atomic mass is 19.4. The van der Waals surface area contributed by atoms with Gasteiger partial charge in [0.1, 0.15) is 6.04 Å². The van der Waals surface area contributed by atoms with E-state index < -0.39 is 35.4 Å². The average molecular weight is 363 g/mol. The van der Waals surface area contributed by atoms with Crippen molar-refractivity contribution >= 4 is 23.3 Å². The zero-order valence-electron chi connectivity index (χ0n) is 12.9. The molecule has 11 heteroatoms. The summed E-state index contributed by atoms with van der Waals surface area (Å²) in [5, 5.41) is 23.9. The molecule has 0 spiro atoms. The highest BCUT2D eigenvalue weighted by molar-refractivity contribution is 5.83. The molecule has 25 heavy (non-hydrogen) atoms. The maximum atomic E-state index is 12.2. The number of hydrogen-bond donors (Lipinski definition) is 3. The molecule has 1 rings (SSSR count). The van der Waals surface area contributed by atoms with Gasteiger partial charge in [-0.05, 0) is 18.6 Å². The Kier molecular flexibility index (Phi) is 7.15. The van der Waals surface area contributed by atoms with Gasteiger partial charge in [-0.2, -0.15) is 13.2 Å². The van der Waals surface area contributed by atoms with E-state index >= 15 is 0 Å². The fraction of sp³-hybridized carbons (Fsp3) is 0.429. The molecule has 1 aromatic rings. The van der Waals surface area contributed by atoms with Crippen LogP contribution >= 0.6 is 0 Å². The minimum atomic E-state index is -4.70. The van der Waals surface area contributed by atoms with Crippen molar-refractivity contribution in [1.82, 2.24) is 5.32 Å². The van der Waals surface area contributed by atoms with Gasteiger partial charge in [-0.15, -0.1) is 0 Å². The Hall–Kier alpha value is -2.85. The molecule has 0 radical (unpaired) electrons. The minimum absolute atomic E-state index is 0.0747. The normalized spacial score (nSPS) is 12.3. The number of benzene rings is 1. The molecule has 0 aromatic heterocycles. The average Bonchev–Trinajstić information content (AvgIpc) is 2.50. The van der Waals surface area contributed by atoms with Crippen molar-refractivity contribution in [3.63, 3.8) is 0 Å². The molecule has 0 fully saturated rings. The Morgan fingerprint density at radius 2 is 1.84 bits per heavy atom. The molecule has 1 unspecified atom stereocenters. The fourth-order valence-corrected chi connectivity index (χ4v) is 1.88. The number of carboxylic acids is 1. The number of nitro groups is 1. The number of amides is 1. The van der Waals surface area contributed by atoms with Crippen molar-refractivity contribution in [3.05, 3.63) is 34.4 Å². The maximum Gasteiger partial charge on any atom is 0.391 e. The van der Waals surface area contributed by atoms with E-state index in [1.54, 1.807) is 0 Å². The van der Waals surface area contributed by atoms with Crippen molar-refractivity contribution < 1.29 is 32.8 Å². The number of halogens is 3. The van der Waals surface area contributed by atoms with E-state index in [2.05, 4.69) is 5.32 Å². The lowest BCUT2D eigenvalue weighted by atomic mass is 10.2. The second-order valence-corrected chi connectivity index (χ2v) is 5.11. The second kappa shape index (κ2) is 8.85. The van der Waals surface area contributed by atoms with Crippen molar-refractivity contribution in [2.24, 2.45) is 0 Å². The summed E-state index contributed by atoms with van der Waals surface area (Å²) in [5.74, 6) is -2.56. The molecule has 0 saturated carbocycles. The molecule has 1 atom stereocenters. The molecular weight excluding hydrogens is 347 g/mol. The predicted octanol–water partition coefficient (Wildman–Crippen LogP) is 2.31. The monoisotopic (exact) mass is 363 g/mol. The molecule has 0 aliphatic carbocycles. The molecule has 0 aliphatic rings. The van der Waals surface area contributed by atoms with E-state index in [9.17, 15) is 32.9 Å². The summed E-state index contributed by atoms with van der Waals surface area (Å²) < 4.78 is 36.7. The van der Waals surface area contributed by atoms with Crippen LogP contribution in [0, 0.1) is 10.1 Å². The Balaban J connectivity index is 2.36. The van der Waals surface area contributed by atoms with Gasteiger partial charge in [-0.1, -0.05) is 0 Å². The molecule has 0 saturated heterocycles. The molecule has 0 heterocycles. The summed E-state index contributed by atoms with van der Waals surface area (Å²) in [6, 6.07) is 3.52. The van der Waals surface area contributed by atoms with Crippen LogP contribution < -0.4 is 10.6 Å². The maximum absolute atomic E-state index is 12.2. The number of carbonyl (C=O) groups is 2. The smallest absolute Gasteiger partial charge is 0.391 e. The number of rotatable bonds is 9. The number of non-ortho nitro benzene ring substituents is 1. The lowest BCUT2D eigenvalue weighted by Crippen LogP contribution is -2.43. The third-order valence-electron chi connectivity index (χ3n) is 3.06. The number of alkyl halides is 3. The highest BCUT2D eigenvalue weighted by Crippen LogP contribution is 2.21. The van der Waals surface area contributed by atoms with Crippen LogP contribution in [0.1, 0.15) is 19.3 Å². The van der Waals surface area contributed by atoms with E-state index in [-0.39, 0.29) is 25.1 Å². The van der Waals surface area contributed by atoms with E-state index in [1.807, 2.05) is 5.32 Å². The van der Waals surface area contributed by atoms with Gasteiger partial charge in [0.2, 0.25) is 5.91 Å². The standard InChI is InChI=1S/C14H16F3N3O5/c15-14(16,17)8-11(13(22)23)19-12(21)2-1-7-18-9-3-5-10(6-4-9)20(24)25/h3-6,11,18H,1-2,7-8H2,(H,19,21)(H,22,23). The summed E-state index contributed by atoms with van der Waals surface area (Å²) >= 11 is 0. The van der Waals surface area contributed by atoms with Gasteiger partial charge in [-0.3, -0.25) is 14.9 Å². The van der Waals surface area contributed by atoms with E-state index in [4.69, 9.17) is 5.11 Å². The molecule has 1 amide bonds. The van der Waals surface area contributed by atoms with Crippen LogP contribution in [0.15, 0.2) is 24.3 Å². The van der Waals surface area contributed by atoms with E-state index in [0.29, 0.717) is 5.69 Å². The molecular formula is C14H16F3N3O5. The Bertz CT molecular complexity index is 619. The van der Waals surface area contributed by atoms with Crippen LogP contribution in [0.25, 0.3) is 0 Å². The topological polar surface area (TPSA) is 122 Å².